The molecule has 3 nitrogen and oxygen atoms in total. The number of nitrogens with one attached hydrogen (secondary N) is 1. The van der Waals surface area contributed by atoms with Crippen molar-refractivity contribution in [3.8, 4) is 5.75 Å². The average Bonchev–Trinajstić information content (AvgIpc) is 2.09. The lowest BCUT2D eigenvalue weighted by Gasteiger charge is -2.03. The van der Waals surface area contributed by atoms with Crippen LogP contribution in [-0.4, -0.2) is 13.1 Å². The molecule has 64 valence electrons. The summed E-state index contributed by atoms with van der Waals surface area (Å²) in [6.45, 7) is 0. The highest BCUT2D eigenvalue weighted by molar-refractivity contribution is 6.32. The first-order valence-corrected chi connectivity index (χ1v) is 3.76. The molecular formula is C8H8ClNO2. The van der Waals surface area contributed by atoms with Crippen LogP contribution in [0.15, 0.2) is 24.3 Å². The van der Waals surface area contributed by atoms with E-state index >= 15 is 0 Å². The van der Waals surface area contributed by atoms with E-state index in [2.05, 4.69) is 5.32 Å². The highest BCUT2D eigenvalue weighted by Crippen LogP contribution is 2.22. The van der Waals surface area contributed by atoms with Gasteiger partial charge in [-0.3, -0.25) is 0 Å². The van der Waals surface area contributed by atoms with Crippen molar-refractivity contribution in [2.24, 2.45) is 0 Å². The predicted molar refractivity (Wildman–Crippen MR) is 46.5 cm³/mol. The van der Waals surface area contributed by atoms with Gasteiger partial charge in [0.25, 0.3) is 0 Å². The Morgan fingerprint density at radius 2 is 2.17 bits per heavy atom. The van der Waals surface area contributed by atoms with Crippen LogP contribution in [0, 0.1) is 0 Å². The maximum absolute atomic E-state index is 10.7. The number of para-hydroxylation sites is 1. The molecule has 0 atom stereocenters. The summed E-state index contributed by atoms with van der Waals surface area (Å²) < 4.78 is 4.81. The molecular weight excluding hydrogens is 178 g/mol. The van der Waals surface area contributed by atoms with E-state index in [9.17, 15) is 4.79 Å². The number of benzene rings is 1. The van der Waals surface area contributed by atoms with Crippen molar-refractivity contribution < 1.29 is 9.53 Å². The Balaban J connectivity index is 2.75. The van der Waals surface area contributed by atoms with Crippen molar-refractivity contribution in [1.29, 1.82) is 0 Å². The van der Waals surface area contributed by atoms with Crippen molar-refractivity contribution in [3.05, 3.63) is 29.3 Å². The monoisotopic (exact) mass is 185 g/mol. The molecule has 0 saturated carbocycles. The van der Waals surface area contributed by atoms with Gasteiger partial charge in [-0.15, -0.1) is 0 Å². The van der Waals surface area contributed by atoms with Crippen LogP contribution in [0.4, 0.5) is 4.79 Å². The van der Waals surface area contributed by atoms with Gasteiger partial charge in [0, 0.05) is 7.05 Å². The van der Waals surface area contributed by atoms with Crippen LogP contribution < -0.4 is 10.1 Å². The van der Waals surface area contributed by atoms with E-state index in [1.165, 1.54) is 7.05 Å². The number of carbonyl (C=O) groups excluding carboxylic acids is 1. The first-order valence-electron chi connectivity index (χ1n) is 3.38. The van der Waals surface area contributed by atoms with E-state index in [1.807, 2.05) is 0 Å². The molecule has 0 saturated heterocycles. The molecule has 4 heteroatoms. The topological polar surface area (TPSA) is 38.3 Å². The van der Waals surface area contributed by atoms with Crippen molar-refractivity contribution in [1.82, 2.24) is 5.32 Å². The summed E-state index contributed by atoms with van der Waals surface area (Å²) in [6, 6.07) is 6.78. The Bertz CT molecular complexity index is 288. The zero-order valence-corrected chi connectivity index (χ0v) is 7.26. The van der Waals surface area contributed by atoms with Crippen LogP contribution >= 0.6 is 11.6 Å². The molecule has 0 heterocycles. The largest absolute Gasteiger partial charge is 0.412 e. The molecule has 0 aliphatic heterocycles. The van der Waals surface area contributed by atoms with Crippen LogP contribution in [0.1, 0.15) is 0 Å². The van der Waals surface area contributed by atoms with Crippen molar-refractivity contribution in [2.45, 2.75) is 0 Å². The van der Waals surface area contributed by atoms with E-state index in [0.29, 0.717) is 10.8 Å². The molecule has 1 aromatic carbocycles. The summed E-state index contributed by atoms with van der Waals surface area (Å²) in [5.41, 5.74) is 0. The van der Waals surface area contributed by atoms with Gasteiger partial charge < -0.3 is 10.1 Å². The maximum Gasteiger partial charge on any atom is 0.412 e. The third-order valence-electron chi connectivity index (χ3n) is 1.24. The molecule has 0 spiro atoms. The molecule has 0 aliphatic carbocycles. The first kappa shape index (κ1) is 8.87. The SMILES string of the molecule is CNC(=O)Oc1ccccc1Cl. The number of rotatable bonds is 1. The van der Waals surface area contributed by atoms with Gasteiger partial charge >= 0.3 is 6.09 Å². The van der Waals surface area contributed by atoms with Gasteiger partial charge in [-0.05, 0) is 12.1 Å². The zero-order valence-electron chi connectivity index (χ0n) is 6.50. The quantitative estimate of drug-likeness (QED) is 0.728. The van der Waals surface area contributed by atoms with Gasteiger partial charge in [-0.1, -0.05) is 23.7 Å². The first-order chi connectivity index (χ1) is 5.74. The van der Waals surface area contributed by atoms with Crippen LogP contribution in [0.25, 0.3) is 0 Å². The summed E-state index contributed by atoms with van der Waals surface area (Å²) in [7, 11) is 1.49. The Morgan fingerprint density at radius 1 is 1.50 bits per heavy atom. The van der Waals surface area contributed by atoms with Gasteiger partial charge in [-0.2, -0.15) is 0 Å². The highest BCUT2D eigenvalue weighted by Gasteiger charge is 2.03. The molecule has 0 unspecified atom stereocenters. The maximum atomic E-state index is 10.7. The molecule has 1 rings (SSSR count). The number of halogens is 1. The fraction of sp³-hybridized carbons (Fsp3) is 0.125. The van der Waals surface area contributed by atoms with Gasteiger partial charge in [-0.25, -0.2) is 4.79 Å². The summed E-state index contributed by atoms with van der Waals surface area (Å²) in [6.07, 6.45) is -0.525. The number of ether oxygens (including phenoxy) is 1. The Morgan fingerprint density at radius 3 is 2.75 bits per heavy atom. The average molecular weight is 186 g/mol. The lowest BCUT2D eigenvalue weighted by atomic mass is 10.3. The van der Waals surface area contributed by atoms with Crippen molar-refractivity contribution in [3.63, 3.8) is 0 Å². The number of carbonyl (C=O) groups is 1. The normalized spacial score (nSPS) is 9.17. The fourth-order valence-electron chi connectivity index (χ4n) is 0.678. The summed E-state index contributed by atoms with van der Waals surface area (Å²) in [4.78, 5) is 10.7. The third kappa shape index (κ3) is 2.13. The number of hydrogen-bond acceptors (Lipinski definition) is 2. The van der Waals surface area contributed by atoms with Gasteiger partial charge in [0.05, 0.1) is 5.02 Å². The summed E-state index contributed by atoms with van der Waals surface area (Å²) in [5, 5.41) is 2.74. The highest BCUT2D eigenvalue weighted by atomic mass is 35.5. The van der Waals surface area contributed by atoms with Crippen LogP contribution in [-0.2, 0) is 0 Å². The van der Waals surface area contributed by atoms with Crippen molar-refractivity contribution >= 4 is 17.7 Å². The fourth-order valence-corrected chi connectivity index (χ4v) is 0.853. The van der Waals surface area contributed by atoms with E-state index in [-0.39, 0.29) is 0 Å². The third-order valence-corrected chi connectivity index (χ3v) is 1.56. The Kier molecular flexibility index (Phi) is 2.94. The minimum absolute atomic E-state index is 0.360. The number of amides is 1. The van der Waals surface area contributed by atoms with E-state index < -0.39 is 6.09 Å². The van der Waals surface area contributed by atoms with Gasteiger partial charge in [0.15, 0.2) is 5.75 Å². The number of hydrogen-bond donors (Lipinski definition) is 1. The summed E-state index contributed by atoms with van der Waals surface area (Å²) in [5.74, 6) is 0.360. The van der Waals surface area contributed by atoms with E-state index in [0.717, 1.165) is 0 Å². The molecule has 0 aliphatic rings. The molecule has 12 heavy (non-hydrogen) atoms. The minimum atomic E-state index is -0.525. The second-order valence-electron chi connectivity index (χ2n) is 2.07. The Hall–Kier alpha value is -1.22. The lowest BCUT2D eigenvalue weighted by molar-refractivity contribution is 0.203. The van der Waals surface area contributed by atoms with Crippen molar-refractivity contribution in [2.75, 3.05) is 7.05 Å². The minimum Gasteiger partial charge on any atom is -0.409 e. The Labute approximate surface area is 75.3 Å². The summed E-state index contributed by atoms with van der Waals surface area (Å²) >= 11 is 5.72. The van der Waals surface area contributed by atoms with Crippen LogP contribution in [0.5, 0.6) is 5.75 Å². The molecule has 1 aromatic rings. The predicted octanol–water partition coefficient (Wildman–Crippen LogP) is 2.06. The smallest absolute Gasteiger partial charge is 0.409 e. The molecule has 0 aromatic heterocycles. The lowest BCUT2D eigenvalue weighted by Crippen LogP contribution is -2.22. The molecule has 1 amide bonds. The molecule has 1 N–H and O–H groups in total. The van der Waals surface area contributed by atoms with Gasteiger partial charge in [0.1, 0.15) is 0 Å². The molecule has 0 bridgehead atoms. The van der Waals surface area contributed by atoms with E-state index in [1.54, 1.807) is 24.3 Å². The van der Waals surface area contributed by atoms with Gasteiger partial charge in [0.2, 0.25) is 0 Å². The zero-order chi connectivity index (χ0) is 8.97. The second kappa shape index (κ2) is 3.97. The standard InChI is InChI=1S/C8H8ClNO2/c1-10-8(11)12-7-5-3-2-4-6(7)9/h2-5H,1H3,(H,10,11). The van der Waals surface area contributed by atoms with Crippen LogP contribution in [0.3, 0.4) is 0 Å². The van der Waals surface area contributed by atoms with E-state index in [4.69, 9.17) is 16.3 Å². The second-order valence-corrected chi connectivity index (χ2v) is 2.48. The van der Waals surface area contributed by atoms with Crippen LogP contribution in [0.2, 0.25) is 5.02 Å². The molecule has 0 radical (unpaired) electrons. The molecule has 0 fully saturated rings.